The van der Waals surface area contributed by atoms with Gasteiger partial charge < -0.3 is 10.1 Å². The smallest absolute Gasteiger partial charge is 0.307 e. The largest absolute Gasteiger partial charge is 0.469 e. The molecule has 0 bridgehead atoms. The molecular formula is C17H18ClNO2. The molecule has 1 N–H and O–H groups in total. The van der Waals surface area contributed by atoms with Crippen LogP contribution < -0.4 is 5.32 Å². The topological polar surface area (TPSA) is 38.3 Å². The average Bonchev–Trinajstić information content (AvgIpc) is 2.53. The molecule has 0 amide bonds. The Morgan fingerprint density at radius 2 is 1.81 bits per heavy atom. The van der Waals surface area contributed by atoms with E-state index in [1.807, 2.05) is 54.6 Å². The highest BCUT2D eigenvalue weighted by Gasteiger charge is 2.16. The standard InChI is InChI=1S/C17H18ClNO2/c1-21-17(20)11-16(14-7-9-15(18)10-8-14)19-12-13-5-3-2-4-6-13/h2-10,16,19H,11-12H2,1H3. The number of carbonyl (C=O) groups is 1. The van der Waals surface area contributed by atoms with Gasteiger partial charge in [-0.3, -0.25) is 4.79 Å². The van der Waals surface area contributed by atoms with Crippen molar-refractivity contribution in [2.45, 2.75) is 19.0 Å². The molecule has 0 radical (unpaired) electrons. The van der Waals surface area contributed by atoms with E-state index in [2.05, 4.69) is 5.32 Å². The lowest BCUT2D eigenvalue weighted by Gasteiger charge is -2.18. The highest BCUT2D eigenvalue weighted by Crippen LogP contribution is 2.20. The van der Waals surface area contributed by atoms with Crippen molar-refractivity contribution in [2.75, 3.05) is 7.11 Å². The van der Waals surface area contributed by atoms with Crippen LogP contribution in [0.5, 0.6) is 0 Å². The number of nitrogens with one attached hydrogen (secondary N) is 1. The van der Waals surface area contributed by atoms with Gasteiger partial charge in [0.15, 0.2) is 0 Å². The van der Waals surface area contributed by atoms with E-state index in [4.69, 9.17) is 16.3 Å². The molecular weight excluding hydrogens is 286 g/mol. The number of rotatable bonds is 6. The summed E-state index contributed by atoms with van der Waals surface area (Å²) in [5, 5.41) is 4.07. The molecule has 1 atom stereocenters. The van der Waals surface area contributed by atoms with Gasteiger partial charge in [0, 0.05) is 17.6 Å². The zero-order valence-corrected chi connectivity index (χ0v) is 12.6. The lowest BCUT2D eigenvalue weighted by atomic mass is 10.0. The number of methoxy groups -OCH3 is 1. The number of hydrogen-bond acceptors (Lipinski definition) is 3. The number of benzene rings is 2. The predicted molar refractivity (Wildman–Crippen MR) is 84.1 cm³/mol. The first-order valence-corrected chi connectivity index (χ1v) is 7.16. The maximum atomic E-state index is 11.6. The van der Waals surface area contributed by atoms with E-state index in [-0.39, 0.29) is 18.4 Å². The van der Waals surface area contributed by atoms with Crippen molar-refractivity contribution in [1.82, 2.24) is 5.32 Å². The van der Waals surface area contributed by atoms with Gasteiger partial charge in [-0.1, -0.05) is 54.1 Å². The summed E-state index contributed by atoms with van der Waals surface area (Å²) in [6.45, 7) is 0.686. The van der Waals surface area contributed by atoms with Crippen LogP contribution in [0.15, 0.2) is 54.6 Å². The van der Waals surface area contributed by atoms with Gasteiger partial charge in [-0.05, 0) is 23.3 Å². The lowest BCUT2D eigenvalue weighted by molar-refractivity contribution is -0.141. The molecule has 2 aromatic carbocycles. The Bertz CT molecular complexity index is 569. The molecule has 0 aliphatic carbocycles. The maximum absolute atomic E-state index is 11.6. The number of carbonyl (C=O) groups excluding carboxylic acids is 1. The third kappa shape index (κ3) is 4.88. The second kappa shape index (κ2) is 7.81. The van der Waals surface area contributed by atoms with E-state index in [1.165, 1.54) is 12.7 Å². The van der Waals surface area contributed by atoms with Crippen LogP contribution in [0.1, 0.15) is 23.6 Å². The molecule has 4 heteroatoms. The Kier molecular flexibility index (Phi) is 5.78. The van der Waals surface area contributed by atoms with Gasteiger partial charge in [0.25, 0.3) is 0 Å². The number of esters is 1. The van der Waals surface area contributed by atoms with Crippen molar-refractivity contribution in [3.63, 3.8) is 0 Å². The van der Waals surface area contributed by atoms with Gasteiger partial charge in [-0.25, -0.2) is 0 Å². The van der Waals surface area contributed by atoms with Crippen molar-refractivity contribution in [3.8, 4) is 0 Å². The van der Waals surface area contributed by atoms with Crippen molar-refractivity contribution >= 4 is 17.6 Å². The fourth-order valence-corrected chi connectivity index (χ4v) is 2.22. The average molecular weight is 304 g/mol. The first-order valence-electron chi connectivity index (χ1n) is 6.78. The molecule has 0 spiro atoms. The zero-order valence-electron chi connectivity index (χ0n) is 11.9. The molecule has 0 aliphatic rings. The summed E-state index contributed by atoms with van der Waals surface area (Å²) in [5.74, 6) is -0.240. The summed E-state index contributed by atoms with van der Waals surface area (Å²) >= 11 is 5.91. The molecule has 0 saturated heterocycles. The molecule has 0 saturated carbocycles. The second-order valence-electron chi connectivity index (χ2n) is 4.75. The molecule has 0 aromatic heterocycles. The van der Waals surface area contributed by atoms with Gasteiger partial charge in [0.1, 0.15) is 0 Å². The molecule has 21 heavy (non-hydrogen) atoms. The first-order chi connectivity index (χ1) is 10.2. The summed E-state index contributed by atoms with van der Waals surface area (Å²) in [5.41, 5.74) is 2.18. The maximum Gasteiger partial charge on any atom is 0.307 e. The Balaban J connectivity index is 2.08. The molecule has 0 heterocycles. The summed E-state index contributed by atoms with van der Waals surface area (Å²) in [6.07, 6.45) is 0.283. The van der Waals surface area contributed by atoms with E-state index in [1.54, 1.807) is 0 Å². The molecule has 0 aliphatic heterocycles. The molecule has 110 valence electrons. The van der Waals surface area contributed by atoms with Gasteiger partial charge in [-0.15, -0.1) is 0 Å². The normalized spacial score (nSPS) is 11.9. The Labute approximate surface area is 129 Å². The molecule has 3 nitrogen and oxygen atoms in total. The molecule has 0 fully saturated rings. The minimum absolute atomic E-state index is 0.102. The summed E-state index contributed by atoms with van der Waals surface area (Å²) in [4.78, 5) is 11.6. The van der Waals surface area contributed by atoms with Gasteiger partial charge in [-0.2, -0.15) is 0 Å². The third-order valence-electron chi connectivity index (χ3n) is 3.27. The van der Waals surface area contributed by atoms with E-state index in [9.17, 15) is 4.79 Å². The lowest BCUT2D eigenvalue weighted by Crippen LogP contribution is -2.24. The number of ether oxygens (including phenoxy) is 1. The van der Waals surface area contributed by atoms with E-state index < -0.39 is 0 Å². The van der Waals surface area contributed by atoms with Crippen LogP contribution in [-0.2, 0) is 16.1 Å². The van der Waals surface area contributed by atoms with Crippen LogP contribution in [0.25, 0.3) is 0 Å². The SMILES string of the molecule is COC(=O)CC(NCc1ccccc1)c1ccc(Cl)cc1. The van der Waals surface area contributed by atoms with E-state index in [0.717, 1.165) is 5.56 Å². The van der Waals surface area contributed by atoms with Crippen LogP contribution >= 0.6 is 11.6 Å². The predicted octanol–water partition coefficient (Wildman–Crippen LogP) is 3.73. The summed E-state index contributed by atoms with van der Waals surface area (Å²) in [6, 6.07) is 17.5. The minimum Gasteiger partial charge on any atom is -0.469 e. The minimum atomic E-state index is -0.240. The van der Waals surface area contributed by atoms with Gasteiger partial charge in [0.2, 0.25) is 0 Å². The van der Waals surface area contributed by atoms with E-state index in [0.29, 0.717) is 11.6 Å². The fourth-order valence-electron chi connectivity index (χ4n) is 2.09. The van der Waals surface area contributed by atoms with Crippen LogP contribution in [0.3, 0.4) is 0 Å². The fraction of sp³-hybridized carbons (Fsp3) is 0.235. The monoisotopic (exact) mass is 303 g/mol. The Morgan fingerprint density at radius 3 is 2.43 bits per heavy atom. The summed E-state index contributed by atoms with van der Waals surface area (Å²) in [7, 11) is 1.40. The second-order valence-corrected chi connectivity index (χ2v) is 5.19. The molecule has 2 rings (SSSR count). The zero-order chi connectivity index (χ0) is 15.1. The summed E-state index contributed by atoms with van der Waals surface area (Å²) < 4.78 is 4.77. The molecule has 2 aromatic rings. The van der Waals surface area contributed by atoms with Crippen LogP contribution in [0, 0.1) is 0 Å². The van der Waals surface area contributed by atoms with Gasteiger partial charge in [0.05, 0.1) is 13.5 Å². The quantitative estimate of drug-likeness (QED) is 0.826. The Hall–Kier alpha value is -1.84. The van der Waals surface area contributed by atoms with Crippen molar-refractivity contribution in [2.24, 2.45) is 0 Å². The van der Waals surface area contributed by atoms with E-state index >= 15 is 0 Å². The number of halogens is 1. The van der Waals surface area contributed by atoms with Crippen LogP contribution in [0.4, 0.5) is 0 Å². The molecule has 1 unspecified atom stereocenters. The first kappa shape index (κ1) is 15.5. The highest BCUT2D eigenvalue weighted by atomic mass is 35.5. The highest BCUT2D eigenvalue weighted by molar-refractivity contribution is 6.30. The van der Waals surface area contributed by atoms with Crippen molar-refractivity contribution in [1.29, 1.82) is 0 Å². The third-order valence-corrected chi connectivity index (χ3v) is 3.52. The Morgan fingerprint density at radius 1 is 1.14 bits per heavy atom. The van der Waals surface area contributed by atoms with Crippen molar-refractivity contribution < 1.29 is 9.53 Å². The van der Waals surface area contributed by atoms with Crippen LogP contribution in [0.2, 0.25) is 5.02 Å². The van der Waals surface area contributed by atoms with Crippen LogP contribution in [-0.4, -0.2) is 13.1 Å². The van der Waals surface area contributed by atoms with Crippen molar-refractivity contribution in [3.05, 3.63) is 70.7 Å². The number of hydrogen-bond donors (Lipinski definition) is 1. The van der Waals surface area contributed by atoms with Gasteiger partial charge >= 0.3 is 5.97 Å².